The molecule has 0 bridgehead atoms. The molecule has 1 aromatic rings. The van der Waals surface area contributed by atoms with Gasteiger partial charge < -0.3 is 10.0 Å². The smallest absolute Gasteiger partial charge is 0.303 e. The summed E-state index contributed by atoms with van der Waals surface area (Å²) in [4.78, 5) is 17.5. The monoisotopic (exact) mass is 300 g/mol. The molecule has 2 heterocycles. The fourth-order valence-corrected chi connectivity index (χ4v) is 4.02. The number of aromatic nitrogens is 1. The number of nitrogens with zero attached hydrogens (tertiary/aromatic N) is 2. The van der Waals surface area contributed by atoms with Crippen LogP contribution in [0.5, 0.6) is 0 Å². The zero-order valence-corrected chi connectivity index (χ0v) is 13.0. The molecule has 0 atom stereocenters. The molecule has 4 nitrogen and oxygen atoms in total. The highest BCUT2D eigenvalue weighted by Crippen LogP contribution is 2.33. The van der Waals surface area contributed by atoms with Gasteiger partial charge in [0.25, 0.3) is 0 Å². The lowest BCUT2D eigenvalue weighted by Crippen LogP contribution is -2.26. The van der Waals surface area contributed by atoms with Crippen LogP contribution in [0.3, 0.4) is 0 Å². The third-order valence-electron chi connectivity index (χ3n) is 3.24. The topological polar surface area (TPSA) is 53.4 Å². The maximum Gasteiger partial charge on any atom is 0.303 e. The molecule has 106 valence electrons. The van der Waals surface area contributed by atoms with Crippen molar-refractivity contribution in [3.05, 3.63) is 11.1 Å². The third kappa shape index (κ3) is 4.38. The number of aliphatic carboxylic acids is 1. The maximum absolute atomic E-state index is 10.6. The molecule has 6 heteroatoms. The van der Waals surface area contributed by atoms with Gasteiger partial charge in [-0.25, -0.2) is 4.98 Å². The predicted octanol–water partition coefficient (Wildman–Crippen LogP) is 2.88. The first kappa shape index (κ1) is 14.7. The molecule has 2 rings (SSSR count). The summed E-state index contributed by atoms with van der Waals surface area (Å²) in [5.41, 5.74) is 0.901. The van der Waals surface area contributed by atoms with Crippen molar-refractivity contribution in [1.82, 2.24) is 4.98 Å². The van der Waals surface area contributed by atoms with Crippen LogP contribution in [0.1, 0.15) is 32.4 Å². The van der Waals surface area contributed by atoms with Crippen LogP contribution in [-0.2, 0) is 11.2 Å². The maximum atomic E-state index is 10.6. The van der Waals surface area contributed by atoms with Crippen molar-refractivity contribution in [2.45, 2.75) is 37.9 Å². The summed E-state index contributed by atoms with van der Waals surface area (Å²) in [6.45, 7) is 6.65. The van der Waals surface area contributed by atoms with Crippen LogP contribution in [0.2, 0.25) is 0 Å². The molecular formula is C13H20N2O2S2. The number of thioether (sulfide) groups is 1. The van der Waals surface area contributed by atoms with Crippen molar-refractivity contribution in [2.24, 2.45) is 0 Å². The van der Waals surface area contributed by atoms with E-state index in [0.717, 1.165) is 36.1 Å². The Kier molecular flexibility index (Phi) is 4.73. The Hall–Kier alpha value is -0.750. The number of rotatable bonds is 4. The van der Waals surface area contributed by atoms with Crippen molar-refractivity contribution in [3.8, 4) is 0 Å². The molecule has 1 saturated heterocycles. The Balaban J connectivity index is 1.96. The molecule has 1 aliphatic rings. The second kappa shape index (κ2) is 6.13. The third-order valence-corrected chi connectivity index (χ3v) is 5.57. The Morgan fingerprint density at radius 2 is 2.32 bits per heavy atom. The van der Waals surface area contributed by atoms with E-state index in [-0.39, 0.29) is 6.42 Å². The van der Waals surface area contributed by atoms with Gasteiger partial charge in [-0.05, 0) is 6.42 Å². The Bertz CT molecular complexity index is 446. The number of anilines is 1. The average molecular weight is 300 g/mol. The van der Waals surface area contributed by atoms with Gasteiger partial charge in [-0.1, -0.05) is 13.8 Å². The number of thiazole rings is 1. The summed E-state index contributed by atoms with van der Waals surface area (Å²) >= 11 is 3.65. The van der Waals surface area contributed by atoms with Crippen LogP contribution >= 0.6 is 23.1 Å². The highest BCUT2D eigenvalue weighted by atomic mass is 32.2. The van der Waals surface area contributed by atoms with Gasteiger partial charge in [0.2, 0.25) is 0 Å². The van der Waals surface area contributed by atoms with Gasteiger partial charge in [-0.2, -0.15) is 11.8 Å². The van der Waals surface area contributed by atoms with Crippen LogP contribution in [0.25, 0.3) is 0 Å². The molecule has 1 aromatic heterocycles. The van der Waals surface area contributed by atoms with Crippen LogP contribution in [0, 0.1) is 0 Å². The quantitative estimate of drug-likeness (QED) is 0.926. The number of carboxylic acids is 1. The minimum Gasteiger partial charge on any atom is -0.481 e. The van der Waals surface area contributed by atoms with E-state index in [9.17, 15) is 4.79 Å². The van der Waals surface area contributed by atoms with Gasteiger partial charge in [0.1, 0.15) is 0 Å². The molecule has 0 saturated carbocycles. The first-order chi connectivity index (χ1) is 8.96. The number of carbonyl (C=O) groups is 1. The number of aryl methyl sites for hydroxylation is 1. The van der Waals surface area contributed by atoms with Crippen molar-refractivity contribution in [3.63, 3.8) is 0 Å². The second-order valence-electron chi connectivity index (χ2n) is 5.36. The predicted molar refractivity (Wildman–Crippen MR) is 81.4 cm³/mol. The summed E-state index contributed by atoms with van der Waals surface area (Å²) in [6, 6.07) is 0. The van der Waals surface area contributed by atoms with Crippen molar-refractivity contribution < 1.29 is 9.90 Å². The fraction of sp³-hybridized carbons (Fsp3) is 0.692. The van der Waals surface area contributed by atoms with E-state index in [1.807, 2.05) is 17.1 Å². The zero-order valence-electron chi connectivity index (χ0n) is 11.4. The van der Waals surface area contributed by atoms with Gasteiger partial charge in [-0.3, -0.25) is 4.79 Å². The van der Waals surface area contributed by atoms with E-state index < -0.39 is 5.97 Å². The van der Waals surface area contributed by atoms with Crippen molar-refractivity contribution in [2.75, 3.05) is 23.7 Å². The fourth-order valence-electron chi connectivity index (χ4n) is 2.00. The number of carboxylic acid groups (broad SMARTS) is 1. The van der Waals surface area contributed by atoms with E-state index in [1.54, 1.807) is 11.3 Å². The SMILES string of the molecule is CC1(C)CCN(c2nc(CCC(=O)O)cs2)CCS1. The van der Waals surface area contributed by atoms with Gasteiger partial charge >= 0.3 is 5.97 Å². The standard InChI is InChI=1S/C13H20N2O2S2/c1-13(2)5-6-15(7-8-19-13)12-14-10(9-18-12)3-4-11(16)17/h9H,3-8H2,1-2H3,(H,16,17). The van der Waals surface area contributed by atoms with Gasteiger partial charge in [0.15, 0.2) is 5.13 Å². The summed E-state index contributed by atoms with van der Waals surface area (Å²) in [5.74, 6) is 0.360. The summed E-state index contributed by atoms with van der Waals surface area (Å²) in [7, 11) is 0. The van der Waals surface area contributed by atoms with Crippen LogP contribution in [-0.4, -0.2) is 39.6 Å². The molecule has 1 N–H and O–H groups in total. The Labute approximate surface area is 122 Å². The zero-order chi connectivity index (χ0) is 13.9. The molecule has 0 amide bonds. The molecule has 0 aromatic carbocycles. The first-order valence-electron chi connectivity index (χ1n) is 6.51. The molecule has 0 aliphatic carbocycles. The Morgan fingerprint density at radius 3 is 3.05 bits per heavy atom. The highest BCUT2D eigenvalue weighted by molar-refractivity contribution is 8.00. The van der Waals surface area contributed by atoms with Crippen LogP contribution in [0.4, 0.5) is 5.13 Å². The normalized spacial score (nSPS) is 19.2. The molecule has 0 radical (unpaired) electrons. The molecule has 19 heavy (non-hydrogen) atoms. The first-order valence-corrected chi connectivity index (χ1v) is 8.38. The number of hydrogen-bond donors (Lipinski definition) is 1. The molecule has 1 fully saturated rings. The minimum atomic E-state index is -0.762. The second-order valence-corrected chi connectivity index (χ2v) is 8.00. The summed E-state index contributed by atoms with van der Waals surface area (Å²) in [6.07, 6.45) is 1.84. The van der Waals surface area contributed by atoms with Crippen LogP contribution in [0.15, 0.2) is 5.38 Å². The average Bonchev–Trinajstić information content (AvgIpc) is 2.72. The molecular weight excluding hydrogens is 280 g/mol. The van der Waals surface area contributed by atoms with Gasteiger partial charge in [0, 0.05) is 35.4 Å². The van der Waals surface area contributed by atoms with Crippen molar-refractivity contribution >= 4 is 34.2 Å². The number of hydrogen-bond acceptors (Lipinski definition) is 5. The van der Waals surface area contributed by atoms with E-state index in [4.69, 9.17) is 5.11 Å². The lowest BCUT2D eigenvalue weighted by atomic mass is 10.1. The lowest BCUT2D eigenvalue weighted by Gasteiger charge is -2.22. The van der Waals surface area contributed by atoms with E-state index in [2.05, 4.69) is 23.7 Å². The molecule has 1 aliphatic heterocycles. The van der Waals surface area contributed by atoms with Gasteiger partial charge in [0.05, 0.1) is 12.1 Å². The summed E-state index contributed by atoms with van der Waals surface area (Å²) in [5, 5.41) is 11.7. The molecule has 0 unspecified atom stereocenters. The van der Waals surface area contributed by atoms with Crippen molar-refractivity contribution in [1.29, 1.82) is 0 Å². The van der Waals surface area contributed by atoms with E-state index in [0.29, 0.717) is 11.2 Å². The molecule has 0 spiro atoms. The highest BCUT2D eigenvalue weighted by Gasteiger charge is 2.24. The Morgan fingerprint density at radius 1 is 1.53 bits per heavy atom. The van der Waals surface area contributed by atoms with E-state index in [1.165, 1.54) is 0 Å². The van der Waals surface area contributed by atoms with Gasteiger partial charge in [-0.15, -0.1) is 11.3 Å². The summed E-state index contributed by atoms with van der Waals surface area (Å²) < 4.78 is 0.345. The lowest BCUT2D eigenvalue weighted by molar-refractivity contribution is -0.136. The van der Waals surface area contributed by atoms with Crippen LogP contribution < -0.4 is 4.90 Å². The van der Waals surface area contributed by atoms with E-state index >= 15 is 0 Å². The minimum absolute atomic E-state index is 0.159. The largest absolute Gasteiger partial charge is 0.481 e.